The van der Waals surface area contributed by atoms with Crippen LogP contribution in [0.4, 0.5) is 0 Å². The van der Waals surface area contributed by atoms with Gasteiger partial charge in [-0.05, 0) is 30.4 Å². The molecule has 4 heterocycles. The van der Waals surface area contributed by atoms with E-state index in [1.165, 1.54) is 11.3 Å². The molecule has 8 heteroatoms. The van der Waals surface area contributed by atoms with Gasteiger partial charge in [-0.15, -0.1) is 11.3 Å². The molecular weight excluding hydrogens is 410 g/mol. The summed E-state index contributed by atoms with van der Waals surface area (Å²) in [6.45, 7) is 1.35. The van der Waals surface area contributed by atoms with Gasteiger partial charge in [-0.25, -0.2) is 4.98 Å². The molecule has 0 radical (unpaired) electrons. The van der Waals surface area contributed by atoms with Crippen molar-refractivity contribution in [2.24, 2.45) is 0 Å². The number of benzene rings is 1. The zero-order valence-corrected chi connectivity index (χ0v) is 18.0. The summed E-state index contributed by atoms with van der Waals surface area (Å²) in [6, 6.07) is 8.05. The Morgan fingerprint density at radius 2 is 1.97 bits per heavy atom. The fourth-order valence-corrected chi connectivity index (χ4v) is 5.61. The van der Waals surface area contributed by atoms with Crippen LogP contribution in [-0.4, -0.2) is 51.8 Å². The van der Waals surface area contributed by atoms with Crippen LogP contribution in [0.1, 0.15) is 39.6 Å². The van der Waals surface area contributed by atoms with E-state index < -0.39 is 0 Å². The lowest BCUT2D eigenvalue weighted by molar-refractivity contribution is -0.131. The van der Waals surface area contributed by atoms with Crippen LogP contribution in [0.15, 0.2) is 42.9 Å². The van der Waals surface area contributed by atoms with Crippen molar-refractivity contribution in [3.63, 3.8) is 0 Å². The van der Waals surface area contributed by atoms with Gasteiger partial charge in [0.2, 0.25) is 5.91 Å². The third-order valence-corrected chi connectivity index (χ3v) is 7.17. The van der Waals surface area contributed by atoms with Crippen molar-refractivity contribution >= 4 is 44.4 Å². The number of aromatic amines is 1. The summed E-state index contributed by atoms with van der Waals surface area (Å²) >= 11 is 1.39. The Bertz CT molecular complexity index is 1270. The third-order valence-electron chi connectivity index (χ3n) is 6.07. The van der Waals surface area contributed by atoms with Gasteiger partial charge >= 0.3 is 0 Å². The maximum Gasteiger partial charge on any atom is 0.261 e. The SMILES string of the molecule is CNC(=O)c1sc2nccnc2c1C1CCN(C(=O)Cc2c[nH]c3ccccc23)CC1. The number of hydrogen-bond donors (Lipinski definition) is 2. The predicted octanol–water partition coefficient (Wildman–Crippen LogP) is 3.48. The monoisotopic (exact) mass is 433 g/mol. The summed E-state index contributed by atoms with van der Waals surface area (Å²) in [5.41, 5.74) is 3.88. The Hall–Kier alpha value is -3.26. The Kier molecular flexibility index (Phi) is 5.15. The molecule has 0 bridgehead atoms. The third kappa shape index (κ3) is 3.57. The molecule has 1 aliphatic rings. The number of likely N-dealkylation sites (tertiary alicyclic amines) is 1. The van der Waals surface area contributed by atoms with E-state index in [0.29, 0.717) is 24.4 Å². The van der Waals surface area contributed by atoms with Crippen LogP contribution < -0.4 is 5.32 Å². The van der Waals surface area contributed by atoms with Gasteiger partial charge in [0.05, 0.1) is 11.3 Å². The molecule has 7 nitrogen and oxygen atoms in total. The van der Waals surface area contributed by atoms with Gasteiger partial charge in [0.25, 0.3) is 5.91 Å². The fourth-order valence-electron chi connectivity index (χ4n) is 4.47. The molecule has 1 saturated heterocycles. The van der Waals surface area contributed by atoms with Gasteiger partial charge in [-0.1, -0.05) is 18.2 Å². The van der Waals surface area contributed by atoms with Crippen LogP contribution in [0, 0.1) is 0 Å². The van der Waals surface area contributed by atoms with Gasteiger partial charge in [0, 0.05) is 55.2 Å². The maximum atomic E-state index is 13.0. The molecule has 31 heavy (non-hydrogen) atoms. The minimum atomic E-state index is -0.0994. The van der Waals surface area contributed by atoms with Crippen LogP contribution in [0.2, 0.25) is 0 Å². The largest absolute Gasteiger partial charge is 0.361 e. The number of carbonyl (C=O) groups is 2. The number of piperidine rings is 1. The molecule has 0 saturated carbocycles. The summed E-state index contributed by atoms with van der Waals surface area (Å²) < 4.78 is 0. The first kappa shape index (κ1) is 19.7. The topological polar surface area (TPSA) is 91.0 Å². The lowest BCUT2D eigenvalue weighted by Crippen LogP contribution is -2.39. The molecule has 2 N–H and O–H groups in total. The van der Waals surface area contributed by atoms with Gasteiger partial charge in [0.15, 0.2) is 0 Å². The summed E-state index contributed by atoms with van der Waals surface area (Å²) in [5, 5.41) is 3.84. The average molecular weight is 434 g/mol. The van der Waals surface area contributed by atoms with Crippen molar-refractivity contribution in [3.05, 3.63) is 58.9 Å². The highest BCUT2D eigenvalue weighted by atomic mass is 32.1. The molecule has 1 aliphatic heterocycles. The molecule has 0 atom stereocenters. The van der Waals surface area contributed by atoms with E-state index in [9.17, 15) is 9.59 Å². The number of thiophene rings is 1. The minimum absolute atomic E-state index is 0.0994. The van der Waals surface area contributed by atoms with E-state index in [0.717, 1.165) is 45.2 Å². The molecule has 1 fully saturated rings. The van der Waals surface area contributed by atoms with Crippen molar-refractivity contribution in [2.75, 3.05) is 20.1 Å². The number of H-pyrrole nitrogens is 1. The minimum Gasteiger partial charge on any atom is -0.361 e. The predicted molar refractivity (Wildman–Crippen MR) is 121 cm³/mol. The van der Waals surface area contributed by atoms with Crippen LogP contribution in [-0.2, 0) is 11.2 Å². The van der Waals surface area contributed by atoms with Gasteiger partial charge in [-0.2, -0.15) is 0 Å². The molecule has 5 rings (SSSR count). The standard InChI is InChI=1S/C23H23N5O2S/c1-24-22(30)21-19(20-23(31-21)26-9-8-25-20)14-6-10-28(11-7-14)18(29)12-15-13-27-17-5-3-2-4-16(15)17/h2-5,8-9,13-14,27H,6-7,10-12H2,1H3,(H,24,30). The van der Waals surface area contributed by atoms with Crippen LogP contribution in [0.3, 0.4) is 0 Å². The van der Waals surface area contributed by atoms with Crippen molar-refractivity contribution in [3.8, 4) is 0 Å². The van der Waals surface area contributed by atoms with Crippen LogP contribution in [0.5, 0.6) is 0 Å². The Morgan fingerprint density at radius 1 is 1.19 bits per heavy atom. The number of nitrogens with zero attached hydrogens (tertiary/aromatic N) is 3. The van der Waals surface area contributed by atoms with Crippen LogP contribution >= 0.6 is 11.3 Å². The van der Waals surface area contributed by atoms with Crippen molar-refractivity contribution in [1.29, 1.82) is 0 Å². The molecular formula is C23H23N5O2S. The number of rotatable bonds is 4. The number of aromatic nitrogens is 3. The smallest absolute Gasteiger partial charge is 0.261 e. The Balaban J connectivity index is 1.33. The summed E-state index contributed by atoms with van der Waals surface area (Å²) in [7, 11) is 1.64. The number of para-hydroxylation sites is 1. The fraction of sp³-hybridized carbons (Fsp3) is 0.304. The van der Waals surface area contributed by atoms with Gasteiger partial charge in [-0.3, -0.25) is 14.6 Å². The normalized spacial score (nSPS) is 14.9. The second kappa shape index (κ2) is 8.11. The second-order valence-electron chi connectivity index (χ2n) is 7.83. The van der Waals surface area contributed by atoms with E-state index >= 15 is 0 Å². The first-order valence-corrected chi connectivity index (χ1v) is 11.3. The highest BCUT2D eigenvalue weighted by Crippen LogP contribution is 2.39. The zero-order valence-electron chi connectivity index (χ0n) is 17.2. The summed E-state index contributed by atoms with van der Waals surface area (Å²) in [4.78, 5) is 41.0. The Labute approximate surface area is 183 Å². The number of amides is 2. The van der Waals surface area contributed by atoms with E-state index in [2.05, 4.69) is 20.3 Å². The molecule has 0 unspecified atom stereocenters. The quantitative estimate of drug-likeness (QED) is 0.516. The van der Waals surface area contributed by atoms with Crippen molar-refractivity contribution < 1.29 is 9.59 Å². The molecule has 1 aromatic carbocycles. The highest BCUT2D eigenvalue weighted by molar-refractivity contribution is 7.20. The molecule has 158 valence electrons. The van der Waals surface area contributed by atoms with E-state index in [-0.39, 0.29) is 17.7 Å². The summed E-state index contributed by atoms with van der Waals surface area (Å²) in [6.07, 6.45) is 7.28. The number of fused-ring (bicyclic) bond motifs is 2. The highest BCUT2D eigenvalue weighted by Gasteiger charge is 2.30. The summed E-state index contributed by atoms with van der Waals surface area (Å²) in [5.74, 6) is 0.234. The van der Waals surface area contributed by atoms with Crippen molar-refractivity contribution in [1.82, 2.24) is 25.2 Å². The van der Waals surface area contributed by atoms with E-state index in [4.69, 9.17) is 0 Å². The van der Waals surface area contributed by atoms with Crippen LogP contribution in [0.25, 0.3) is 21.3 Å². The molecule has 3 aromatic heterocycles. The lowest BCUT2D eigenvalue weighted by atomic mass is 9.88. The number of nitrogens with one attached hydrogen (secondary N) is 2. The number of carbonyl (C=O) groups excluding carboxylic acids is 2. The second-order valence-corrected chi connectivity index (χ2v) is 8.82. The average Bonchev–Trinajstić information content (AvgIpc) is 3.40. The zero-order chi connectivity index (χ0) is 21.4. The van der Waals surface area contributed by atoms with Crippen molar-refractivity contribution in [2.45, 2.75) is 25.2 Å². The number of hydrogen-bond acceptors (Lipinski definition) is 5. The lowest BCUT2D eigenvalue weighted by Gasteiger charge is -2.32. The molecule has 2 amide bonds. The molecule has 4 aromatic rings. The maximum absolute atomic E-state index is 13.0. The van der Waals surface area contributed by atoms with Gasteiger partial charge in [0.1, 0.15) is 10.3 Å². The van der Waals surface area contributed by atoms with E-state index in [1.54, 1.807) is 19.4 Å². The van der Waals surface area contributed by atoms with Gasteiger partial charge < -0.3 is 15.2 Å². The molecule has 0 spiro atoms. The Morgan fingerprint density at radius 3 is 2.77 bits per heavy atom. The van der Waals surface area contributed by atoms with E-state index in [1.807, 2.05) is 35.4 Å². The first-order valence-electron chi connectivity index (χ1n) is 10.4. The molecule has 0 aliphatic carbocycles. The first-order chi connectivity index (χ1) is 15.2.